The highest BCUT2D eigenvalue weighted by Gasteiger charge is 2.44. The van der Waals surface area contributed by atoms with Gasteiger partial charge in [-0.25, -0.2) is 9.80 Å². The quantitative estimate of drug-likeness (QED) is 0.434. The van der Waals surface area contributed by atoms with Crippen LogP contribution in [0.4, 0.5) is 4.79 Å². The molecule has 0 unspecified atom stereocenters. The lowest BCUT2D eigenvalue weighted by molar-refractivity contribution is -0.143. The lowest BCUT2D eigenvalue weighted by Gasteiger charge is -2.43. The monoisotopic (exact) mass is 578 g/mol. The molecule has 5 rings (SSSR count). The summed E-state index contributed by atoms with van der Waals surface area (Å²) in [6, 6.07) is 11.0. The van der Waals surface area contributed by atoms with Crippen LogP contribution in [0.15, 0.2) is 47.6 Å². The molecule has 11 nitrogen and oxygen atoms in total. The number of carbonyl (C=O) groups is 3. The highest BCUT2D eigenvalue weighted by molar-refractivity contribution is 6.07. The van der Waals surface area contributed by atoms with Gasteiger partial charge in [0.15, 0.2) is 11.5 Å². The van der Waals surface area contributed by atoms with Crippen LogP contribution in [0.2, 0.25) is 0 Å². The highest BCUT2D eigenvalue weighted by Crippen LogP contribution is 2.40. The van der Waals surface area contributed by atoms with Crippen LogP contribution in [0.1, 0.15) is 49.7 Å². The average molecular weight is 579 g/mol. The summed E-state index contributed by atoms with van der Waals surface area (Å²) in [6.07, 6.45) is 3.75. The molecule has 2 heterocycles. The predicted octanol–water partition coefficient (Wildman–Crippen LogP) is 3.63. The van der Waals surface area contributed by atoms with E-state index >= 15 is 0 Å². The number of hydrogen-bond donors (Lipinski definition) is 3. The molecule has 0 radical (unpaired) electrons. The SMILES string of the molecule is COc1ccc(C2=NN(C3CCN(C(=O)[C@H](Cc4ccc(O)cc4)NC(=O)O)CC3)C(=O)[C@@H]3CCCC[C@H]23)cc1OC. The normalized spacial score (nSPS) is 21.7. The predicted molar refractivity (Wildman–Crippen MR) is 155 cm³/mol. The number of hydrogen-bond acceptors (Lipinski definition) is 7. The Morgan fingerprint density at radius 2 is 1.64 bits per heavy atom. The number of hydrazone groups is 1. The zero-order chi connectivity index (χ0) is 29.8. The van der Waals surface area contributed by atoms with E-state index in [2.05, 4.69) is 5.32 Å². The number of likely N-dealkylation sites (tertiary alicyclic amines) is 1. The molecule has 2 fully saturated rings. The van der Waals surface area contributed by atoms with Crippen molar-refractivity contribution < 1.29 is 34.1 Å². The molecule has 224 valence electrons. The van der Waals surface area contributed by atoms with Crippen molar-refractivity contribution in [2.24, 2.45) is 16.9 Å². The summed E-state index contributed by atoms with van der Waals surface area (Å²) in [6.45, 7) is 0.770. The fourth-order valence-electron chi connectivity index (χ4n) is 6.46. The maximum atomic E-state index is 13.7. The van der Waals surface area contributed by atoms with E-state index in [1.165, 1.54) is 12.1 Å². The number of amides is 3. The van der Waals surface area contributed by atoms with Crippen LogP contribution >= 0.6 is 0 Å². The zero-order valence-corrected chi connectivity index (χ0v) is 24.0. The van der Waals surface area contributed by atoms with E-state index in [-0.39, 0.29) is 41.9 Å². The van der Waals surface area contributed by atoms with Gasteiger partial charge in [0.25, 0.3) is 0 Å². The molecule has 0 spiro atoms. The van der Waals surface area contributed by atoms with Gasteiger partial charge in [0.2, 0.25) is 11.8 Å². The van der Waals surface area contributed by atoms with Crippen LogP contribution in [0.5, 0.6) is 17.2 Å². The van der Waals surface area contributed by atoms with Crippen molar-refractivity contribution in [1.29, 1.82) is 0 Å². The standard InChI is InChI=1S/C31H38N4O7/c1-41-26-12-9-20(18-27(26)42-2)28-23-5-3-4-6-24(23)29(37)35(33-28)21-13-15-34(16-14-21)30(38)25(32-31(39)40)17-19-7-10-22(36)11-8-19/h7-12,18,21,23-25,32,36H,3-6,13-17H2,1-2H3,(H,39,40)/t23-,24+,25-/m0/s1. The fourth-order valence-corrected chi connectivity index (χ4v) is 6.46. The van der Waals surface area contributed by atoms with E-state index in [0.29, 0.717) is 37.4 Å². The second-order valence-corrected chi connectivity index (χ2v) is 11.2. The molecule has 1 aliphatic carbocycles. The number of phenolic OH excluding ortho intramolecular Hbond substituents is 1. The fraction of sp³-hybridized carbons (Fsp3) is 0.484. The van der Waals surface area contributed by atoms with E-state index in [1.807, 2.05) is 18.2 Å². The highest BCUT2D eigenvalue weighted by atomic mass is 16.5. The number of methoxy groups -OCH3 is 2. The third-order valence-corrected chi connectivity index (χ3v) is 8.65. The Morgan fingerprint density at radius 1 is 0.976 bits per heavy atom. The van der Waals surface area contributed by atoms with Crippen LogP contribution in [-0.4, -0.2) is 83.1 Å². The minimum absolute atomic E-state index is 0.0463. The minimum atomic E-state index is -1.28. The third-order valence-electron chi connectivity index (χ3n) is 8.65. The first-order valence-corrected chi connectivity index (χ1v) is 14.5. The van der Waals surface area contributed by atoms with Gasteiger partial charge in [-0.2, -0.15) is 5.10 Å². The van der Waals surface area contributed by atoms with Gasteiger partial charge in [0, 0.05) is 36.9 Å². The van der Waals surface area contributed by atoms with Crippen LogP contribution in [0.25, 0.3) is 0 Å². The number of carbonyl (C=O) groups excluding carboxylic acids is 2. The first-order chi connectivity index (χ1) is 20.3. The summed E-state index contributed by atoms with van der Waals surface area (Å²) >= 11 is 0. The van der Waals surface area contributed by atoms with Gasteiger partial charge >= 0.3 is 6.09 Å². The van der Waals surface area contributed by atoms with Gasteiger partial charge in [-0.05, 0) is 61.6 Å². The molecular formula is C31H38N4O7. The Hall–Kier alpha value is -4.28. The summed E-state index contributed by atoms with van der Waals surface area (Å²) in [5.41, 5.74) is 2.53. The summed E-state index contributed by atoms with van der Waals surface area (Å²) < 4.78 is 11.0. The molecule has 3 amide bonds. The van der Waals surface area contributed by atoms with Crippen LogP contribution in [0.3, 0.4) is 0 Å². The number of aromatic hydroxyl groups is 1. The van der Waals surface area contributed by atoms with Gasteiger partial charge in [0.1, 0.15) is 11.8 Å². The lowest BCUT2D eigenvalue weighted by atomic mass is 9.73. The molecule has 11 heteroatoms. The molecule has 2 aromatic carbocycles. The maximum absolute atomic E-state index is 13.7. The Bertz CT molecular complexity index is 1340. The molecule has 1 saturated carbocycles. The smallest absolute Gasteiger partial charge is 0.405 e. The molecule has 0 aromatic heterocycles. The molecule has 42 heavy (non-hydrogen) atoms. The van der Waals surface area contributed by atoms with Crippen molar-refractivity contribution in [3.8, 4) is 17.2 Å². The number of benzene rings is 2. The van der Waals surface area contributed by atoms with Crippen molar-refractivity contribution in [2.45, 2.75) is 57.0 Å². The summed E-state index contributed by atoms with van der Waals surface area (Å²) in [7, 11) is 3.19. The molecule has 2 aromatic rings. The molecule has 3 N–H and O–H groups in total. The average Bonchev–Trinajstić information content (AvgIpc) is 3.01. The van der Waals surface area contributed by atoms with E-state index in [1.54, 1.807) is 36.3 Å². The molecule has 2 aliphatic heterocycles. The molecule has 1 saturated heterocycles. The van der Waals surface area contributed by atoms with E-state index < -0.39 is 12.1 Å². The minimum Gasteiger partial charge on any atom is -0.508 e. The summed E-state index contributed by atoms with van der Waals surface area (Å²) in [4.78, 5) is 40.3. The summed E-state index contributed by atoms with van der Waals surface area (Å²) in [5.74, 6) is 0.987. The first-order valence-electron chi connectivity index (χ1n) is 14.5. The Balaban J connectivity index is 1.33. The second kappa shape index (κ2) is 12.7. The zero-order valence-electron chi connectivity index (χ0n) is 24.0. The first kappa shape index (κ1) is 29.2. The number of rotatable bonds is 8. The molecule has 3 aliphatic rings. The molecular weight excluding hydrogens is 540 g/mol. The Kier molecular flexibility index (Phi) is 8.84. The Labute approximate surface area is 245 Å². The number of nitrogens with one attached hydrogen (secondary N) is 1. The molecule has 3 atom stereocenters. The van der Waals surface area contributed by atoms with E-state index in [9.17, 15) is 24.6 Å². The van der Waals surface area contributed by atoms with Crippen LogP contribution < -0.4 is 14.8 Å². The second-order valence-electron chi connectivity index (χ2n) is 11.2. The third kappa shape index (κ3) is 6.14. The topological polar surface area (TPSA) is 141 Å². The number of phenols is 1. The van der Waals surface area contributed by atoms with Gasteiger partial charge in [-0.3, -0.25) is 9.59 Å². The Morgan fingerprint density at radius 3 is 2.29 bits per heavy atom. The van der Waals surface area contributed by atoms with E-state index in [4.69, 9.17) is 14.6 Å². The lowest BCUT2D eigenvalue weighted by Crippen LogP contribution is -2.55. The van der Waals surface area contributed by atoms with Gasteiger partial charge in [0.05, 0.1) is 26.0 Å². The molecule has 0 bridgehead atoms. The van der Waals surface area contributed by atoms with Gasteiger partial charge in [-0.15, -0.1) is 0 Å². The number of ether oxygens (including phenoxy) is 2. The number of fused-ring (bicyclic) bond motifs is 1. The van der Waals surface area contributed by atoms with Crippen molar-refractivity contribution >= 4 is 23.6 Å². The number of carboxylic acid groups (broad SMARTS) is 1. The maximum Gasteiger partial charge on any atom is 0.405 e. The summed E-state index contributed by atoms with van der Waals surface area (Å²) in [5, 5.41) is 27.9. The van der Waals surface area contributed by atoms with Crippen molar-refractivity contribution in [3.05, 3.63) is 53.6 Å². The van der Waals surface area contributed by atoms with Crippen molar-refractivity contribution in [1.82, 2.24) is 15.2 Å². The van der Waals surface area contributed by atoms with Gasteiger partial charge in [-0.1, -0.05) is 25.0 Å². The van der Waals surface area contributed by atoms with E-state index in [0.717, 1.165) is 42.5 Å². The van der Waals surface area contributed by atoms with Gasteiger partial charge < -0.3 is 29.9 Å². The van der Waals surface area contributed by atoms with Crippen molar-refractivity contribution in [2.75, 3.05) is 27.3 Å². The largest absolute Gasteiger partial charge is 0.508 e. The number of piperidine rings is 1. The van der Waals surface area contributed by atoms with Crippen LogP contribution in [-0.2, 0) is 16.0 Å². The van der Waals surface area contributed by atoms with Crippen molar-refractivity contribution in [3.63, 3.8) is 0 Å². The number of nitrogens with zero attached hydrogens (tertiary/aromatic N) is 3. The van der Waals surface area contributed by atoms with Crippen LogP contribution in [0, 0.1) is 11.8 Å².